The minimum absolute atomic E-state index is 0.0808. The summed E-state index contributed by atoms with van der Waals surface area (Å²) in [5, 5.41) is 6.94. The molecule has 0 aliphatic rings. The molecule has 0 saturated carbocycles. The highest BCUT2D eigenvalue weighted by Crippen LogP contribution is 2.24. The number of carbonyl (C=O) groups is 2. The average Bonchev–Trinajstić information content (AvgIpc) is 2.74. The van der Waals surface area contributed by atoms with E-state index in [-0.39, 0.29) is 16.8 Å². The summed E-state index contributed by atoms with van der Waals surface area (Å²) in [5.41, 5.74) is 3.24. The van der Waals surface area contributed by atoms with Crippen LogP contribution >= 0.6 is 11.6 Å². The fourth-order valence-corrected chi connectivity index (χ4v) is 2.72. The van der Waals surface area contributed by atoms with Gasteiger partial charge in [0.2, 0.25) is 0 Å². The number of rotatable bonds is 6. The van der Waals surface area contributed by atoms with Gasteiger partial charge in [-0.15, -0.1) is 13.2 Å². The van der Waals surface area contributed by atoms with Gasteiger partial charge in [-0.05, 0) is 48.0 Å². The number of ether oxygens (including phenoxy) is 1. The smallest absolute Gasteiger partial charge is 0.406 e. The van der Waals surface area contributed by atoms with Gasteiger partial charge in [0.25, 0.3) is 11.8 Å². The van der Waals surface area contributed by atoms with E-state index >= 15 is 0 Å². The van der Waals surface area contributed by atoms with E-state index in [0.717, 1.165) is 12.1 Å². The lowest BCUT2D eigenvalue weighted by atomic mass is 10.1. The van der Waals surface area contributed by atoms with Crippen LogP contribution in [0.15, 0.2) is 77.9 Å². The molecule has 164 valence electrons. The van der Waals surface area contributed by atoms with E-state index < -0.39 is 23.9 Å². The van der Waals surface area contributed by atoms with E-state index in [2.05, 4.69) is 20.6 Å². The van der Waals surface area contributed by atoms with Crippen LogP contribution in [0, 0.1) is 0 Å². The molecule has 3 aromatic carbocycles. The van der Waals surface area contributed by atoms with Crippen molar-refractivity contribution in [2.75, 3.05) is 5.32 Å². The number of alkyl halides is 3. The molecule has 3 rings (SSSR count). The van der Waals surface area contributed by atoms with Crippen LogP contribution in [0.3, 0.4) is 0 Å². The second-order valence-electron chi connectivity index (χ2n) is 6.33. The number of anilines is 1. The zero-order valence-corrected chi connectivity index (χ0v) is 16.9. The van der Waals surface area contributed by atoms with Crippen LogP contribution in [0.2, 0.25) is 5.02 Å². The first-order valence-corrected chi connectivity index (χ1v) is 9.44. The lowest BCUT2D eigenvalue weighted by Gasteiger charge is -2.12. The van der Waals surface area contributed by atoms with Gasteiger partial charge in [-0.2, -0.15) is 5.10 Å². The van der Waals surface area contributed by atoms with Crippen molar-refractivity contribution in [3.8, 4) is 5.75 Å². The van der Waals surface area contributed by atoms with Crippen LogP contribution in [0.5, 0.6) is 5.75 Å². The third-order valence-electron chi connectivity index (χ3n) is 4.00. The number of hydrogen-bond acceptors (Lipinski definition) is 4. The molecule has 0 saturated heterocycles. The Morgan fingerprint density at radius 3 is 2.38 bits per heavy atom. The van der Waals surface area contributed by atoms with Crippen LogP contribution in [-0.2, 0) is 0 Å². The Morgan fingerprint density at radius 1 is 0.938 bits per heavy atom. The fraction of sp³-hybridized carbons (Fsp3) is 0.0455. The maximum absolute atomic E-state index is 12.5. The normalized spacial score (nSPS) is 11.2. The number of halogens is 4. The Balaban J connectivity index is 1.71. The van der Waals surface area contributed by atoms with Crippen molar-refractivity contribution < 1.29 is 27.5 Å². The molecule has 3 aromatic rings. The lowest BCUT2D eigenvalue weighted by molar-refractivity contribution is -0.274. The molecule has 0 atom stereocenters. The van der Waals surface area contributed by atoms with Crippen molar-refractivity contribution in [2.45, 2.75) is 6.36 Å². The molecule has 0 unspecified atom stereocenters. The Kier molecular flexibility index (Phi) is 7.11. The van der Waals surface area contributed by atoms with Gasteiger partial charge in [0, 0.05) is 10.6 Å². The predicted octanol–water partition coefficient (Wildman–Crippen LogP) is 5.25. The minimum atomic E-state index is -4.88. The molecular weight excluding hydrogens is 447 g/mol. The van der Waals surface area contributed by atoms with Gasteiger partial charge >= 0.3 is 6.36 Å². The van der Waals surface area contributed by atoms with Gasteiger partial charge in [-0.3, -0.25) is 9.59 Å². The van der Waals surface area contributed by atoms with Gasteiger partial charge in [-0.25, -0.2) is 5.43 Å². The molecule has 2 amide bonds. The van der Waals surface area contributed by atoms with Crippen LogP contribution < -0.4 is 15.5 Å². The van der Waals surface area contributed by atoms with E-state index in [9.17, 15) is 22.8 Å². The summed E-state index contributed by atoms with van der Waals surface area (Å²) in [7, 11) is 0. The number of nitrogens with zero attached hydrogens (tertiary/aromatic N) is 1. The molecular formula is C22H15ClF3N3O3. The first-order valence-electron chi connectivity index (χ1n) is 9.06. The number of carbonyl (C=O) groups excluding carboxylic acids is 2. The topological polar surface area (TPSA) is 79.8 Å². The summed E-state index contributed by atoms with van der Waals surface area (Å²) < 4.78 is 41.0. The predicted molar refractivity (Wildman–Crippen MR) is 114 cm³/mol. The Labute approximate surface area is 185 Å². The highest BCUT2D eigenvalue weighted by molar-refractivity contribution is 6.30. The lowest BCUT2D eigenvalue weighted by Crippen LogP contribution is -2.21. The third-order valence-corrected chi connectivity index (χ3v) is 4.25. The molecule has 0 aliphatic carbocycles. The molecule has 0 bridgehead atoms. The second kappa shape index (κ2) is 9.97. The van der Waals surface area contributed by atoms with E-state index in [4.69, 9.17) is 11.6 Å². The summed E-state index contributed by atoms with van der Waals surface area (Å²) >= 11 is 5.81. The number of hydrazone groups is 1. The van der Waals surface area contributed by atoms with Crippen LogP contribution in [0.25, 0.3) is 0 Å². The molecule has 0 aromatic heterocycles. The Morgan fingerprint density at radius 2 is 1.66 bits per heavy atom. The summed E-state index contributed by atoms with van der Waals surface area (Å²) in [6.07, 6.45) is -3.46. The van der Waals surface area contributed by atoms with E-state index in [1.807, 2.05) is 0 Å². The molecule has 10 heteroatoms. The molecule has 0 fully saturated rings. The summed E-state index contributed by atoms with van der Waals surface area (Å²) in [4.78, 5) is 25.0. The molecule has 0 spiro atoms. The van der Waals surface area contributed by atoms with Crippen molar-refractivity contribution in [3.63, 3.8) is 0 Å². The summed E-state index contributed by atoms with van der Waals surface area (Å²) in [6.45, 7) is 0. The molecule has 0 heterocycles. The fourth-order valence-electron chi connectivity index (χ4n) is 2.59. The second-order valence-corrected chi connectivity index (χ2v) is 6.76. The van der Waals surface area contributed by atoms with Crippen molar-refractivity contribution in [2.24, 2.45) is 5.10 Å². The summed E-state index contributed by atoms with van der Waals surface area (Å²) in [5.74, 6) is -1.85. The maximum Gasteiger partial charge on any atom is 0.573 e. The summed E-state index contributed by atoms with van der Waals surface area (Å²) in [6, 6.07) is 17.5. The molecule has 6 nitrogen and oxygen atoms in total. The molecule has 32 heavy (non-hydrogen) atoms. The number of benzene rings is 3. The van der Waals surface area contributed by atoms with Gasteiger partial charge in [0.1, 0.15) is 5.75 Å². The van der Waals surface area contributed by atoms with Crippen LogP contribution in [-0.4, -0.2) is 24.4 Å². The SMILES string of the molecule is O=C(Nc1ccccc1C(=O)NN=Cc1ccc(Cl)cc1)c1cccc(OC(F)(F)F)c1. The van der Waals surface area contributed by atoms with E-state index in [1.165, 1.54) is 30.5 Å². The van der Waals surface area contributed by atoms with Crippen molar-refractivity contribution in [1.82, 2.24) is 5.43 Å². The van der Waals surface area contributed by atoms with Gasteiger partial charge in [0.15, 0.2) is 0 Å². The molecule has 0 radical (unpaired) electrons. The largest absolute Gasteiger partial charge is 0.573 e. The van der Waals surface area contributed by atoms with Gasteiger partial charge < -0.3 is 10.1 Å². The average molecular weight is 462 g/mol. The monoisotopic (exact) mass is 461 g/mol. The van der Waals surface area contributed by atoms with Crippen molar-refractivity contribution in [3.05, 3.63) is 94.5 Å². The van der Waals surface area contributed by atoms with Crippen molar-refractivity contribution >= 4 is 35.3 Å². The molecule has 0 aliphatic heterocycles. The Hall–Kier alpha value is -3.85. The molecule has 2 N–H and O–H groups in total. The number of hydrogen-bond donors (Lipinski definition) is 2. The first-order chi connectivity index (χ1) is 15.2. The number of nitrogens with one attached hydrogen (secondary N) is 2. The maximum atomic E-state index is 12.5. The van der Waals surface area contributed by atoms with Crippen LogP contribution in [0.4, 0.5) is 18.9 Å². The Bertz CT molecular complexity index is 1150. The number of amides is 2. The minimum Gasteiger partial charge on any atom is -0.406 e. The highest BCUT2D eigenvalue weighted by atomic mass is 35.5. The number of para-hydroxylation sites is 1. The third kappa shape index (κ3) is 6.58. The zero-order chi connectivity index (χ0) is 23.1. The van der Waals surface area contributed by atoms with Gasteiger partial charge in [0.05, 0.1) is 17.5 Å². The standard InChI is InChI=1S/C22H15ClF3N3O3/c23-16-10-8-14(9-11-16)13-27-29-21(31)18-6-1-2-7-19(18)28-20(30)15-4-3-5-17(12-15)32-22(24,25)26/h1-13H,(H,28,30)(H,29,31). The van der Waals surface area contributed by atoms with E-state index in [1.54, 1.807) is 36.4 Å². The van der Waals surface area contributed by atoms with E-state index in [0.29, 0.717) is 10.6 Å². The highest BCUT2D eigenvalue weighted by Gasteiger charge is 2.31. The van der Waals surface area contributed by atoms with Crippen LogP contribution in [0.1, 0.15) is 26.3 Å². The van der Waals surface area contributed by atoms with Gasteiger partial charge in [-0.1, -0.05) is 41.9 Å². The zero-order valence-electron chi connectivity index (χ0n) is 16.2. The quantitative estimate of drug-likeness (QED) is 0.388. The first kappa shape index (κ1) is 22.8. The van der Waals surface area contributed by atoms with Crippen molar-refractivity contribution in [1.29, 1.82) is 0 Å².